The Morgan fingerprint density at radius 2 is 2.08 bits per heavy atom. The Bertz CT molecular complexity index is 679. The third kappa shape index (κ3) is 5.44. The van der Waals surface area contributed by atoms with Crippen molar-refractivity contribution >= 4 is 18.6 Å². The molecule has 1 aliphatic heterocycles. The molecule has 0 saturated heterocycles. The minimum absolute atomic E-state index is 0.117. The van der Waals surface area contributed by atoms with E-state index in [1.54, 1.807) is 12.1 Å². The predicted molar refractivity (Wildman–Crippen MR) is 107 cm³/mol. The number of carboxylic acids is 1. The number of phenolic OH excluding ortho intramolecular Hbond substituents is 1. The Balaban J connectivity index is 2.48. The molecule has 1 heterocycles. The number of benzene rings is 1. The SMILES string of the molecule is CCCCCc1cc(O)c2c(c1)OC(C)(C)CCC/C(C(=O)O)=C\[C@@H]2S. The number of rotatable bonds is 5. The summed E-state index contributed by atoms with van der Waals surface area (Å²) in [6, 6.07) is 3.74. The van der Waals surface area contributed by atoms with Gasteiger partial charge in [0.1, 0.15) is 17.1 Å². The molecule has 0 saturated carbocycles. The molecule has 4 nitrogen and oxygen atoms in total. The van der Waals surface area contributed by atoms with Crippen LogP contribution in [0.15, 0.2) is 23.8 Å². The number of aliphatic carboxylic acids is 1. The minimum Gasteiger partial charge on any atom is -0.507 e. The standard InChI is InChI=1S/C21H30O4S/c1-4-5-6-8-14-11-16(22)19-17(12-14)25-21(2,3)10-7-9-15(20(23)24)13-18(19)26/h11-13,18,22,26H,4-10H2,1-3H3,(H,23,24)/b15-13+/t18-/m0/s1. The fourth-order valence-corrected chi connectivity index (χ4v) is 3.80. The van der Waals surface area contributed by atoms with Crippen molar-refractivity contribution in [1.29, 1.82) is 0 Å². The van der Waals surface area contributed by atoms with Gasteiger partial charge in [-0.15, -0.1) is 0 Å². The van der Waals surface area contributed by atoms with Crippen LogP contribution in [0, 0.1) is 0 Å². The van der Waals surface area contributed by atoms with E-state index in [2.05, 4.69) is 19.6 Å². The molecule has 144 valence electrons. The highest BCUT2D eigenvalue weighted by atomic mass is 32.1. The molecule has 0 aromatic heterocycles. The third-order valence-corrected chi connectivity index (χ3v) is 5.20. The Morgan fingerprint density at radius 1 is 1.35 bits per heavy atom. The van der Waals surface area contributed by atoms with Crippen molar-refractivity contribution in [1.82, 2.24) is 0 Å². The largest absolute Gasteiger partial charge is 0.507 e. The molecule has 2 N–H and O–H groups in total. The smallest absolute Gasteiger partial charge is 0.331 e. The number of aryl methyl sites for hydroxylation is 1. The van der Waals surface area contributed by atoms with E-state index in [1.807, 2.05) is 19.9 Å². The minimum atomic E-state index is -0.930. The average molecular weight is 379 g/mol. The van der Waals surface area contributed by atoms with Gasteiger partial charge in [-0.3, -0.25) is 0 Å². The van der Waals surface area contributed by atoms with Crippen molar-refractivity contribution in [3.8, 4) is 11.5 Å². The maximum atomic E-state index is 11.5. The summed E-state index contributed by atoms with van der Waals surface area (Å²) >= 11 is 4.56. The van der Waals surface area contributed by atoms with Gasteiger partial charge in [-0.2, -0.15) is 12.6 Å². The van der Waals surface area contributed by atoms with E-state index >= 15 is 0 Å². The zero-order chi connectivity index (χ0) is 19.3. The second-order valence-corrected chi connectivity index (χ2v) is 8.20. The Morgan fingerprint density at radius 3 is 2.73 bits per heavy atom. The molecular formula is C21H30O4S. The Kier molecular flexibility index (Phi) is 7.04. The number of carboxylic acid groups (broad SMARTS) is 1. The van der Waals surface area contributed by atoms with E-state index in [4.69, 9.17) is 4.74 Å². The summed E-state index contributed by atoms with van der Waals surface area (Å²) in [5.74, 6) is -0.212. The van der Waals surface area contributed by atoms with Gasteiger partial charge >= 0.3 is 5.97 Å². The predicted octanol–water partition coefficient (Wildman–Crippen LogP) is 5.45. The van der Waals surface area contributed by atoms with Gasteiger partial charge in [0.2, 0.25) is 0 Å². The van der Waals surface area contributed by atoms with Crippen molar-refractivity contribution in [3.63, 3.8) is 0 Å². The zero-order valence-corrected chi connectivity index (χ0v) is 16.8. The molecule has 0 bridgehead atoms. The first-order valence-electron chi connectivity index (χ1n) is 9.40. The Labute approximate surface area is 161 Å². The summed E-state index contributed by atoms with van der Waals surface area (Å²) < 4.78 is 6.27. The van der Waals surface area contributed by atoms with E-state index in [9.17, 15) is 15.0 Å². The number of hydrogen-bond donors (Lipinski definition) is 3. The molecule has 0 fully saturated rings. The number of phenols is 1. The zero-order valence-electron chi connectivity index (χ0n) is 15.9. The molecule has 26 heavy (non-hydrogen) atoms. The molecule has 0 amide bonds. The first-order valence-corrected chi connectivity index (χ1v) is 9.92. The summed E-state index contributed by atoms with van der Waals surface area (Å²) in [5, 5.41) is 19.6. The lowest BCUT2D eigenvalue weighted by Gasteiger charge is -2.30. The van der Waals surface area contributed by atoms with Crippen molar-refractivity contribution < 1.29 is 19.7 Å². The summed E-state index contributed by atoms with van der Waals surface area (Å²) in [6.45, 7) is 6.15. The van der Waals surface area contributed by atoms with Gasteiger partial charge in [0.25, 0.3) is 0 Å². The van der Waals surface area contributed by atoms with Gasteiger partial charge in [0.05, 0.1) is 10.8 Å². The number of thiol groups is 1. The number of aromatic hydroxyl groups is 1. The van der Waals surface area contributed by atoms with Crippen LogP contribution < -0.4 is 4.74 Å². The highest BCUT2D eigenvalue weighted by Crippen LogP contribution is 2.42. The van der Waals surface area contributed by atoms with Crippen molar-refractivity contribution in [2.75, 3.05) is 0 Å². The molecule has 0 aliphatic carbocycles. The molecule has 0 spiro atoms. The van der Waals surface area contributed by atoms with Gasteiger partial charge in [-0.05, 0) is 63.6 Å². The monoisotopic (exact) mass is 378 g/mol. The van der Waals surface area contributed by atoms with E-state index in [-0.39, 0.29) is 5.75 Å². The molecule has 1 aromatic rings. The number of carbonyl (C=O) groups is 1. The normalized spacial score (nSPS) is 21.8. The van der Waals surface area contributed by atoms with Crippen LogP contribution in [0.2, 0.25) is 0 Å². The Hall–Kier alpha value is -1.62. The molecule has 1 aliphatic rings. The third-order valence-electron chi connectivity index (χ3n) is 4.79. The molecule has 2 rings (SSSR count). The molecule has 0 unspecified atom stereocenters. The summed E-state index contributed by atoms with van der Waals surface area (Å²) in [7, 11) is 0. The quantitative estimate of drug-likeness (QED) is 0.471. The summed E-state index contributed by atoms with van der Waals surface area (Å²) in [4.78, 5) is 11.5. The van der Waals surface area contributed by atoms with Crippen LogP contribution in [0.5, 0.6) is 11.5 Å². The second-order valence-electron chi connectivity index (χ2n) is 7.64. The van der Waals surface area contributed by atoms with Gasteiger partial charge in [0, 0.05) is 5.57 Å². The topological polar surface area (TPSA) is 66.8 Å². The molecule has 1 aromatic carbocycles. The van der Waals surface area contributed by atoms with Crippen LogP contribution in [0.4, 0.5) is 0 Å². The van der Waals surface area contributed by atoms with Crippen LogP contribution in [0.25, 0.3) is 0 Å². The van der Waals surface area contributed by atoms with Crippen LogP contribution >= 0.6 is 12.6 Å². The number of hydrogen-bond acceptors (Lipinski definition) is 4. The van der Waals surface area contributed by atoms with Gasteiger partial charge < -0.3 is 14.9 Å². The fraction of sp³-hybridized carbons (Fsp3) is 0.571. The first kappa shape index (κ1) is 20.7. The molecule has 0 radical (unpaired) electrons. The maximum absolute atomic E-state index is 11.5. The van der Waals surface area contributed by atoms with Crippen LogP contribution in [-0.4, -0.2) is 21.8 Å². The van der Waals surface area contributed by atoms with Crippen molar-refractivity contribution in [2.45, 2.75) is 76.6 Å². The maximum Gasteiger partial charge on any atom is 0.331 e. The highest BCUT2D eigenvalue weighted by molar-refractivity contribution is 7.80. The molecule has 5 heteroatoms. The second kappa shape index (κ2) is 8.85. The highest BCUT2D eigenvalue weighted by Gasteiger charge is 2.27. The number of unbranched alkanes of at least 4 members (excludes halogenated alkanes) is 2. The van der Waals surface area contributed by atoms with Gasteiger partial charge in [-0.1, -0.05) is 25.8 Å². The van der Waals surface area contributed by atoms with Crippen molar-refractivity contribution in [3.05, 3.63) is 34.9 Å². The van der Waals surface area contributed by atoms with Crippen LogP contribution in [0.3, 0.4) is 0 Å². The number of ether oxygens (including phenoxy) is 1. The molecule has 1 atom stereocenters. The van der Waals surface area contributed by atoms with Crippen LogP contribution in [0.1, 0.15) is 75.7 Å². The molecular weight excluding hydrogens is 348 g/mol. The van der Waals surface area contributed by atoms with Gasteiger partial charge in [0.15, 0.2) is 0 Å². The van der Waals surface area contributed by atoms with Gasteiger partial charge in [-0.25, -0.2) is 4.79 Å². The lowest BCUT2D eigenvalue weighted by Crippen LogP contribution is -2.29. The number of fused-ring (bicyclic) bond motifs is 1. The van der Waals surface area contributed by atoms with E-state index in [0.29, 0.717) is 23.3 Å². The van der Waals surface area contributed by atoms with Crippen molar-refractivity contribution in [2.24, 2.45) is 0 Å². The van der Waals surface area contributed by atoms with E-state index in [0.717, 1.165) is 44.1 Å². The summed E-state index contributed by atoms with van der Waals surface area (Å²) in [5.41, 5.74) is 1.46. The van der Waals surface area contributed by atoms with E-state index in [1.165, 1.54) is 0 Å². The lowest BCUT2D eigenvalue weighted by molar-refractivity contribution is -0.132. The first-order chi connectivity index (χ1) is 12.2. The van der Waals surface area contributed by atoms with Crippen LogP contribution in [-0.2, 0) is 11.2 Å². The fourth-order valence-electron chi connectivity index (χ4n) is 3.36. The summed E-state index contributed by atoms with van der Waals surface area (Å²) in [6.07, 6.45) is 7.76. The average Bonchev–Trinajstić information content (AvgIpc) is 2.52. The lowest BCUT2D eigenvalue weighted by atomic mass is 9.94. The van der Waals surface area contributed by atoms with E-state index < -0.39 is 16.8 Å².